The van der Waals surface area contributed by atoms with Crippen LogP contribution in [0.25, 0.3) is 6.08 Å². The quantitative estimate of drug-likeness (QED) is 0.435. The van der Waals surface area contributed by atoms with E-state index < -0.39 is 0 Å². The molecule has 2 aromatic rings. The number of nitrogens with one attached hydrogen (secondary N) is 1. The van der Waals surface area contributed by atoms with E-state index in [9.17, 15) is 4.79 Å². The first-order valence-electron chi connectivity index (χ1n) is 9.26. The predicted molar refractivity (Wildman–Crippen MR) is 106 cm³/mol. The molecule has 1 aromatic heterocycles. The Hall–Kier alpha value is -2.08. The molecule has 1 aliphatic rings. The number of nitrogens with zero attached hydrogens (tertiary/aromatic N) is 3. The van der Waals surface area contributed by atoms with Gasteiger partial charge in [0.15, 0.2) is 5.16 Å². The van der Waals surface area contributed by atoms with Gasteiger partial charge in [-0.25, -0.2) is 0 Å². The smallest absolute Gasteiger partial charge is 0.243 e. The van der Waals surface area contributed by atoms with Crippen molar-refractivity contribution in [2.75, 3.05) is 12.8 Å². The van der Waals surface area contributed by atoms with Crippen molar-refractivity contribution in [2.24, 2.45) is 0 Å². The third-order valence-electron chi connectivity index (χ3n) is 4.71. The minimum atomic E-state index is -0.0593. The van der Waals surface area contributed by atoms with Crippen molar-refractivity contribution in [1.82, 2.24) is 20.1 Å². The number of hydrogen-bond acceptors (Lipinski definition) is 4. The molecule has 0 aliphatic heterocycles. The lowest BCUT2D eigenvalue weighted by Gasteiger charge is -2.16. The third-order valence-corrected chi connectivity index (χ3v) is 5.35. The zero-order valence-corrected chi connectivity index (χ0v) is 16.0. The Balaban J connectivity index is 1.47. The summed E-state index contributed by atoms with van der Waals surface area (Å²) in [5, 5.41) is 12.7. The number of aryl methyl sites for hydroxylation is 1. The molecule has 1 N–H and O–H groups in total. The summed E-state index contributed by atoms with van der Waals surface area (Å²) in [6.07, 6.45) is 12.2. The molecule has 1 aliphatic carbocycles. The van der Waals surface area contributed by atoms with E-state index in [0.29, 0.717) is 12.6 Å². The van der Waals surface area contributed by atoms with Gasteiger partial charge in [0.05, 0.1) is 0 Å². The predicted octanol–water partition coefficient (Wildman–Crippen LogP) is 3.88. The first-order valence-corrected chi connectivity index (χ1v) is 10.5. The van der Waals surface area contributed by atoms with Crippen molar-refractivity contribution in [3.8, 4) is 0 Å². The SMILES string of the molecule is CSc1nnc(CCCNC(=O)/C=C/c2ccccc2)n1C1CCCC1. The Morgan fingerprint density at radius 3 is 2.77 bits per heavy atom. The summed E-state index contributed by atoms with van der Waals surface area (Å²) in [6.45, 7) is 0.643. The van der Waals surface area contributed by atoms with Crippen LogP contribution in [-0.4, -0.2) is 33.5 Å². The average Bonchev–Trinajstić information content (AvgIpc) is 3.33. The Labute approximate surface area is 159 Å². The number of carbonyl (C=O) groups is 1. The molecule has 6 heteroatoms. The Kier molecular flexibility index (Phi) is 6.89. The number of rotatable bonds is 8. The lowest BCUT2D eigenvalue weighted by atomic mass is 10.2. The van der Waals surface area contributed by atoms with Crippen molar-refractivity contribution in [3.05, 3.63) is 47.8 Å². The standard InChI is InChI=1S/C20H26N4OS/c1-26-20-23-22-18(24(20)17-10-5-6-11-17)12-7-15-21-19(25)14-13-16-8-3-2-4-9-16/h2-4,8-9,13-14,17H,5-7,10-12,15H2,1H3,(H,21,25)/b14-13+. The molecule has 3 rings (SSSR count). The fourth-order valence-electron chi connectivity index (χ4n) is 3.40. The first-order chi connectivity index (χ1) is 12.8. The third kappa shape index (κ3) is 4.97. The van der Waals surface area contributed by atoms with Crippen molar-refractivity contribution >= 4 is 23.7 Å². The summed E-state index contributed by atoms with van der Waals surface area (Å²) in [5.74, 6) is 0.992. The van der Waals surface area contributed by atoms with Gasteiger partial charge in [0.25, 0.3) is 0 Å². The van der Waals surface area contributed by atoms with Gasteiger partial charge in [0, 0.05) is 25.1 Å². The number of benzene rings is 1. The van der Waals surface area contributed by atoms with Crippen LogP contribution in [0.4, 0.5) is 0 Å². The van der Waals surface area contributed by atoms with Crippen molar-refractivity contribution in [2.45, 2.75) is 49.7 Å². The van der Waals surface area contributed by atoms with Gasteiger partial charge in [-0.05, 0) is 37.2 Å². The van der Waals surface area contributed by atoms with E-state index in [0.717, 1.165) is 29.4 Å². The molecule has 1 aromatic carbocycles. The number of thioether (sulfide) groups is 1. The van der Waals surface area contributed by atoms with Gasteiger partial charge in [-0.3, -0.25) is 4.79 Å². The summed E-state index contributed by atoms with van der Waals surface area (Å²) >= 11 is 1.66. The van der Waals surface area contributed by atoms with E-state index in [2.05, 4.69) is 26.3 Å². The fourth-order valence-corrected chi connectivity index (χ4v) is 3.97. The lowest BCUT2D eigenvalue weighted by Crippen LogP contribution is -2.23. The van der Waals surface area contributed by atoms with Gasteiger partial charge in [0.1, 0.15) is 5.82 Å². The first kappa shape index (κ1) is 18.7. The van der Waals surface area contributed by atoms with Crippen LogP contribution in [0.15, 0.2) is 41.6 Å². The second-order valence-electron chi connectivity index (χ2n) is 6.55. The Morgan fingerprint density at radius 1 is 1.27 bits per heavy atom. The molecular formula is C20H26N4OS. The van der Waals surface area contributed by atoms with E-state index in [4.69, 9.17) is 0 Å². The molecular weight excluding hydrogens is 344 g/mol. The van der Waals surface area contributed by atoms with Crippen LogP contribution in [0.2, 0.25) is 0 Å². The maximum atomic E-state index is 11.9. The molecule has 1 heterocycles. The molecule has 0 radical (unpaired) electrons. The summed E-state index contributed by atoms with van der Waals surface area (Å²) in [7, 11) is 0. The summed E-state index contributed by atoms with van der Waals surface area (Å²) in [5.41, 5.74) is 1.02. The zero-order valence-electron chi connectivity index (χ0n) is 15.2. The van der Waals surface area contributed by atoms with Crippen LogP contribution < -0.4 is 5.32 Å². The molecule has 1 saturated carbocycles. The van der Waals surface area contributed by atoms with Crippen molar-refractivity contribution in [3.63, 3.8) is 0 Å². The fraction of sp³-hybridized carbons (Fsp3) is 0.450. The lowest BCUT2D eigenvalue weighted by molar-refractivity contribution is -0.116. The maximum absolute atomic E-state index is 11.9. The number of hydrogen-bond donors (Lipinski definition) is 1. The second kappa shape index (κ2) is 9.57. The number of carbonyl (C=O) groups excluding carboxylic acids is 1. The highest BCUT2D eigenvalue weighted by atomic mass is 32.2. The van der Waals surface area contributed by atoms with Gasteiger partial charge < -0.3 is 9.88 Å². The van der Waals surface area contributed by atoms with E-state index in [1.807, 2.05) is 36.4 Å². The number of amides is 1. The van der Waals surface area contributed by atoms with Crippen LogP contribution in [0, 0.1) is 0 Å². The zero-order chi connectivity index (χ0) is 18.2. The summed E-state index contributed by atoms with van der Waals surface area (Å²) < 4.78 is 2.33. The molecule has 0 bridgehead atoms. The molecule has 1 amide bonds. The number of aromatic nitrogens is 3. The van der Waals surface area contributed by atoms with E-state index in [1.165, 1.54) is 25.7 Å². The van der Waals surface area contributed by atoms with Crippen molar-refractivity contribution in [1.29, 1.82) is 0 Å². The Bertz CT molecular complexity index is 736. The molecule has 0 saturated heterocycles. The molecule has 26 heavy (non-hydrogen) atoms. The van der Waals surface area contributed by atoms with E-state index in [1.54, 1.807) is 17.8 Å². The minimum absolute atomic E-state index is 0.0593. The highest BCUT2D eigenvalue weighted by Gasteiger charge is 2.23. The average molecular weight is 371 g/mol. The Morgan fingerprint density at radius 2 is 2.04 bits per heavy atom. The monoisotopic (exact) mass is 370 g/mol. The van der Waals surface area contributed by atoms with Crippen molar-refractivity contribution < 1.29 is 4.79 Å². The minimum Gasteiger partial charge on any atom is -0.353 e. The molecule has 1 fully saturated rings. The maximum Gasteiger partial charge on any atom is 0.243 e. The summed E-state index contributed by atoms with van der Waals surface area (Å²) in [6, 6.07) is 10.4. The van der Waals surface area contributed by atoms with Crippen LogP contribution in [0.3, 0.4) is 0 Å². The van der Waals surface area contributed by atoms with Gasteiger partial charge in [-0.1, -0.05) is 54.9 Å². The largest absolute Gasteiger partial charge is 0.353 e. The molecule has 0 unspecified atom stereocenters. The van der Waals surface area contributed by atoms with Gasteiger partial charge in [-0.15, -0.1) is 10.2 Å². The van der Waals surface area contributed by atoms with Crippen LogP contribution in [0.5, 0.6) is 0 Å². The molecule has 0 atom stereocenters. The van der Waals surface area contributed by atoms with Gasteiger partial charge >= 0.3 is 0 Å². The highest BCUT2D eigenvalue weighted by molar-refractivity contribution is 7.98. The molecule has 0 spiro atoms. The van der Waals surface area contributed by atoms with Crippen LogP contribution >= 0.6 is 11.8 Å². The van der Waals surface area contributed by atoms with E-state index >= 15 is 0 Å². The van der Waals surface area contributed by atoms with Gasteiger partial charge in [-0.2, -0.15) is 0 Å². The normalized spacial score (nSPS) is 15.0. The summed E-state index contributed by atoms with van der Waals surface area (Å²) in [4.78, 5) is 11.9. The van der Waals surface area contributed by atoms with E-state index in [-0.39, 0.29) is 5.91 Å². The van der Waals surface area contributed by atoms with Gasteiger partial charge in [0.2, 0.25) is 5.91 Å². The van der Waals surface area contributed by atoms with Crippen LogP contribution in [0.1, 0.15) is 49.5 Å². The highest BCUT2D eigenvalue weighted by Crippen LogP contribution is 2.33. The molecule has 5 nitrogen and oxygen atoms in total. The van der Waals surface area contributed by atoms with Crippen LogP contribution in [-0.2, 0) is 11.2 Å². The molecule has 138 valence electrons. The topological polar surface area (TPSA) is 59.8 Å². The second-order valence-corrected chi connectivity index (χ2v) is 7.32.